The highest BCUT2D eigenvalue weighted by molar-refractivity contribution is 7.71. The van der Waals surface area contributed by atoms with Gasteiger partial charge in [0.2, 0.25) is 16.6 Å². The highest BCUT2D eigenvalue weighted by Gasteiger charge is 2.32. The van der Waals surface area contributed by atoms with E-state index >= 15 is 0 Å². The molecule has 2 heterocycles. The number of para-hydroxylation sites is 1. The lowest BCUT2D eigenvalue weighted by molar-refractivity contribution is -0.122. The Labute approximate surface area is 170 Å². The summed E-state index contributed by atoms with van der Waals surface area (Å²) in [6.07, 6.45) is 5.25. The molecule has 0 spiro atoms. The van der Waals surface area contributed by atoms with E-state index in [9.17, 15) is 9.59 Å². The van der Waals surface area contributed by atoms with Gasteiger partial charge in [0, 0.05) is 18.4 Å². The van der Waals surface area contributed by atoms with Crippen LogP contribution in [0.25, 0.3) is 10.9 Å². The van der Waals surface area contributed by atoms with E-state index < -0.39 is 6.04 Å². The van der Waals surface area contributed by atoms with E-state index in [-0.39, 0.29) is 18.2 Å². The summed E-state index contributed by atoms with van der Waals surface area (Å²) in [5.41, 5.74) is 0.759. The smallest absolute Gasteiger partial charge is 0.248 e. The van der Waals surface area contributed by atoms with E-state index in [1.165, 1.54) is 12.8 Å². The molecule has 28 heavy (non-hydrogen) atoms. The van der Waals surface area contributed by atoms with E-state index in [0.29, 0.717) is 29.5 Å². The second kappa shape index (κ2) is 9.28. The van der Waals surface area contributed by atoms with E-state index in [0.717, 1.165) is 23.7 Å². The number of fused-ring (bicyclic) bond motifs is 3. The van der Waals surface area contributed by atoms with Crippen molar-refractivity contribution in [2.45, 2.75) is 58.4 Å². The number of hydrogen-bond acceptors (Lipinski definition) is 4. The number of unbranched alkanes of at least 4 members (excludes halogenated alkanes) is 1. The zero-order valence-electron chi connectivity index (χ0n) is 16.5. The number of benzene rings is 1. The predicted molar refractivity (Wildman–Crippen MR) is 114 cm³/mol. The Morgan fingerprint density at radius 2 is 2.14 bits per heavy atom. The SMILES string of the molecule is CCCCC(CC)CNC(=O)CCC1C(=O)Nc2c3ccccc3nc(=S)n21. The molecule has 2 N–H and O–H groups in total. The van der Waals surface area contributed by atoms with Crippen LogP contribution < -0.4 is 10.6 Å². The minimum atomic E-state index is -0.493. The van der Waals surface area contributed by atoms with Gasteiger partial charge in [-0.2, -0.15) is 0 Å². The van der Waals surface area contributed by atoms with Crippen LogP contribution in [0.2, 0.25) is 0 Å². The molecule has 1 aromatic heterocycles. The minimum absolute atomic E-state index is 0.0172. The van der Waals surface area contributed by atoms with Gasteiger partial charge in [-0.3, -0.25) is 14.2 Å². The lowest BCUT2D eigenvalue weighted by Gasteiger charge is -2.16. The van der Waals surface area contributed by atoms with Crippen LogP contribution in [0.1, 0.15) is 58.4 Å². The first kappa shape index (κ1) is 20.5. The van der Waals surface area contributed by atoms with Crippen molar-refractivity contribution < 1.29 is 9.59 Å². The summed E-state index contributed by atoms with van der Waals surface area (Å²) in [4.78, 5) is 29.3. The highest BCUT2D eigenvalue weighted by Crippen LogP contribution is 2.33. The minimum Gasteiger partial charge on any atom is -0.356 e. The zero-order valence-corrected chi connectivity index (χ0v) is 17.3. The summed E-state index contributed by atoms with van der Waals surface area (Å²) >= 11 is 5.42. The zero-order chi connectivity index (χ0) is 20.1. The van der Waals surface area contributed by atoms with Crippen LogP contribution >= 0.6 is 12.2 Å². The monoisotopic (exact) mass is 400 g/mol. The number of amides is 2. The largest absolute Gasteiger partial charge is 0.356 e. The molecule has 3 rings (SSSR count). The first-order valence-corrected chi connectivity index (χ1v) is 10.5. The van der Waals surface area contributed by atoms with Gasteiger partial charge in [-0.1, -0.05) is 45.2 Å². The third-order valence-electron chi connectivity index (χ3n) is 5.45. The van der Waals surface area contributed by atoms with E-state index in [1.807, 2.05) is 24.3 Å². The van der Waals surface area contributed by atoms with Crippen LogP contribution in [0.15, 0.2) is 24.3 Å². The third-order valence-corrected chi connectivity index (χ3v) is 5.74. The van der Waals surface area contributed by atoms with E-state index in [4.69, 9.17) is 12.2 Å². The summed E-state index contributed by atoms with van der Waals surface area (Å²) in [5, 5.41) is 6.81. The topological polar surface area (TPSA) is 76.0 Å². The van der Waals surface area contributed by atoms with Crippen molar-refractivity contribution in [1.82, 2.24) is 14.9 Å². The highest BCUT2D eigenvalue weighted by atomic mass is 32.1. The number of carbonyl (C=O) groups is 2. The Balaban J connectivity index is 1.65. The molecule has 0 radical (unpaired) electrons. The number of rotatable bonds is 9. The normalized spacial score (nSPS) is 16.6. The Kier molecular flexibility index (Phi) is 6.78. The molecule has 2 unspecified atom stereocenters. The summed E-state index contributed by atoms with van der Waals surface area (Å²) in [6.45, 7) is 5.04. The van der Waals surface area contributed by atoms with Crippen LogP contribution in [-0.4, -0.2) is 27.9 Å². The fourth-order valence-corrected chi connectivity index (χ4v) is 4.02. The number of anilines is 1. The lowest BCUT2D eigenvalue weighted by Crippen LogP contribution is -2.30. The maximum Gasteiger partial charge on any atom is 0.248 e. The number of aromatic nitrogens is 2. The molecule has 150 valence electrons. The molecule has 0 aliphatic carbocycles. The van der Waals surface area contributed by atoms with Gasteiger partial charge in [0.05, 0.1) is 5.52 Å². The summed E-state index contributed by atoms with van der Waals surface area (Å²) < 4.78 is 2.12. The van der Waals surface area contributed by atoms with Crippen molar-refractivity contribution >= 4 is 40.8 Å². The number of carbonyl (C=O) groups excluding carboxylic acids is 2. The van der Waals surface area contributed by atoms with Gasteiger partial charge >= 0.3 is 0 Å². The summed E-state index contributed by atoms with van der Waals surface area (Å²) in [5.74, 6) is 1.04. The van der Waals surface area contributed by atoms with Crippen molar-refractivity contribution in [3.63, 3.8) is 0 Å². The van der Waals surface area contributed by atoms with E-state index in [2.05, 4.69) is 29.5 Å². The average Bonchev–Trinajstić information content (AvgIpc) is 3.03. The molecular formula is C21H28N4O2S. The molecule has 2 aromatic rings. The molecular weight excluding hydrogens is 372 g/mol. The number of nitrogens with zero attached hydrogens (tertiary/aromatic N) is 2. The second-order valence-electron chi connectivity index (χ2n) is 7.39. The second-order valence-corrected chi connectivity index (χ2v) is 7.76. The molecule has 0 saturated heterocycles. The molecule has 0 saturated carbocycles. The molecule has 1 aliphatic rings. The fourth-order valence-electron chi connectivity index (χ4n) is 3.71. The number of hydrogen-bond donors (Lipinski definition) is 2. The predicted octanol–water partition coefficient (Wildman–Crippen LogP) is 4.37. The quantitative estimate of drug-likeness (QED) is 0.613. The maximum atomic E-state index is 12.5. The molecule has 1 aliphatic heterocycles. The van der Waals surface area contributed by atoms with Gasteiger partial charge in [-0.25, -0.2) is 4.98 Å². The van der Waals surface area contributed by atoms with Gasteiger partial charge in [-0.05, 0) is 43.1 Å². The Morgan fingerprint density at radius 1 is 1.36 bits per heavy atom. The van der Waals surface area contributed by atoms with Crippen LogP contribution in [-0.2, 0) is 9.59 Å². The van der Waals surface area contributed by atoms with Gasteiger partial charge in [0.15, 0.2) is 0 Å². The Hall–Kier alpha value is -2.28. The molecule has 1 aromatic carbocycles. The molecule has 0 fully saturated rings. The van der Waals surface area contributed by atoms with Crippen molar-refractivity contribution in [1.29, 1.82) is 0 Å². The maximum absolute atomic E-state index is 12.5. The first-order chi connectivity index (χ1) is 13.5. The average molecular weight is 401 g/mol. The van der Waals surface area contributed by atoms with Crippen molar-refractivity contribution in [3.05, 3.63) is 29.0 Å². The first-order valence-electron chi connectivity index (χ1n) is 10.1. The molecule has 2 atom stereocenters. The Morgan fingerprint density at radius 3 is 2.89 bits per heavy atom. The van der Waals surface area contributed by atoms with Crippen LogP contribution in [0, 0.1) is 10.7 Å². The lowest BCUT2D eigenvalue weighted by atomic mass is 9.99. The van der Waals surface area contributed by atoms with Gasteiger partial charge < -0.3 is 10.6 Å². The molecule has 0 bridgehead atoms. The van der Waals surface area contributed by atoms with Crippen molar-refractivity contribution in [3.8, 4) is 0 Å². The Bertz CT molecular complexity index is 924. The summed E-state index contributed by atoms with van der Waals surface area (Å²) in [6, 6.07) is 7.10. The molecule has 2 amide bonds. The molecule has 7 heteroatoms. The molecule has 6 nitrogen and oxygen atoms in total. The van der Waals surface area contributed by atoms with Crippen LogP contribution in [0.5, 0.6) is 0 Å². The van der Waals surface area contributed by atoms with Crippen molar-refractivity contribution in [2.75, 3.05) is 11.9 Å². The van der Waals surface area contributed by atoms with Gasteiger partial charge in [-0.15, -0.1) is 0 Å². The van der Waals surface area contributed by atoms with E-state index in [1.54, 1.807) is 4.57 Å². The van der Waals surface area contributed by atoms with Gasteiger partial charge in [0.25, 0.3) is 0 Å². The van der Waals surface area contributed by atoms with Crippen LogP contribution in [0.3, 0.4) is 0 Å². The van der Waals surface area contributed by atoms with Gasteiger partial charge in [0.1, 0.15) is 11.9 Å². The summed E-state index contributed by atoms with van der Waals surface area (Å²) in [7, 11) is 0. The van der Waals surface area contributed by atoms with Crippen molar-refractivity contribution in [2.24, 2.45) is 5.92 Å². The standard InChI is InChI=1S/C21H28N4O2S/c1-3-5-8-14(4-2)13-22-18(26)12-11-17-20(27)24-19-15-9-6-7-10-16(15)23-21(28)25(17)19/h6-7,9-10,14,17H,3-5,8,11-13H2,1-2H3,(H,22,26)(H,24,27). The third kappa shape index (κ3) is 4.41. The fraction of sp³-hybridized carbons (Fsp3) is 0.524. The van der Waals surface area contributed by atoms with Crippen LogP contribution in [0.4, 0.5) is 5.82 Å². The number of nitrogens with one attached hydrogen (secondary N) is 2.